The molecule has 1 saturated carbocycles. The third-order valence-electron chi connectivity index (χ3n) is 5.56. The lowest BCUT2D eigenvalue weighted by Gasteiger charge is -2.40. The van der Waals surface area contributed by atoms with Crippen LogP contribution >= 0.6 is 0 Å². The van der Waals surface area contributed by atoms with Crippen molar-refractivity contribution in [1.29, 1.82) is 0 Å². The molecule has 2 atom stereocenters. The predicted octanol–water partition coefficient (Wildman–Crippen LogP) is 5.08. The number of ether oxygens (including phenoxy) is 2. The number of carbonyl (C=O) groups is 2. The largest absolute Gasteiger partial charge is 0.465 e. The van der Waals surface area contributed by atoms with Crippen LogP contribution in [0.25, 0.3) is 0 Å². The molecule has 2 rings (SSSR count). The van der Waals surface area contributed by atoms with E-state index in [-0.39, 0.29) is 23.7 Å². The second kappa shape index (κ2) is 19.5. The number of carbonyl (C=O) groups excluding carboxylic acids is 1. The van der Waals surface area contributed by atoms with Crippen LogP contribution in [0.3, 0.4) is 0 Å². The summed E-state index contributed by atoms with van der Waals surface area (Å²) >= 11 is 0. The average molecular weight is 502 g/mol. The molecule has 208 valence electrons. The normalized spacial score (nSPS) is 20.1. The van der Waals surface area contributed by atoms with E-state index in [1.165, 1.54) is 37.7 Å². The number of epoxide rings is 1. The van der Waals surface area contributed by atoms with Gasteiger partial charge in [-0.3, -0.25) is 4.79 Å². The summed E-state index contributed by atoms with van der Waals surface area (Å²) in [6.07, 6.45) is 7.34. The second-order valence-electron chi connectivity index (χ2n) is 9.87. The summed E-state index contributed by atoms with van der Waals surface area (Å²) in [7, 11) is 3.78. The van der Waals surface area contributed by atoms with Crippen molar-refractivity contribution in [3.63, 3.8) is 0 Å². The Bertz CT molecular complexity index is 598. The maximum atomic E-state index is 10.9. The lowest BCUT2D eigenvalue weighted by atomic mass is 9.71. The van der Waals surface area contributed by atoms with E-state index < -0.39 is 6.09 Å². The zero-order valence-electron chi connectivity index (χ0n) is 24.3. The Morgan fingerprint density at radius 3 is 2.20 bits per heavy atom. The van der Waals surface area contributed by atoms with Gasteiger partial charge >= 0.3 is 6.09 Å². The van der Waals surface area contributed by atoms with Crippen LogP contribution in [-0.4, -0.2) is 80.2 Å². The van der Waals surface area contributed by atoms with Crippen molar-refractivity contribution < 1.29 is 24.2 Å². The second-order valence-corrected chi connectivity index (χ2v) is 9.87. The first-order valence-corrected chi connectivity index (χ1v) is 13.2. The van der Waals surface area contributed by atoms with E-state index >= 15 is 0 Å². The highest BCUT2D eigenvalue weighted by Crippen LogP contribution is 2.51. The van der Waals surface area contributed by atoms with Gasteiger partial charge in [-0.25, -0.2) is 4.79 Å². The summed E-state index contributed by atoms with van der Waals surface area (Å²) < 4.78 is 11.9. The third kappa shape index (κ3) is 17.4. The highest BCUT2D eigenvalue weighted by Gasteiger charge is 2.57. The van der Waals surface area contributed by atoms with Gasteiger partial charge in [0.2, 0.25) is 5.91 Å². The number of nitrogens with one attached hydrogen (secondary N) is 2. The molecule has 8 heteroatoms. The molecule has 3 N–H and O–H groups in total. The summed E-state index contributed by atoms with van der Waals surface area (Å²) in [6, 6.07) is 0. The monoisotopic (exact) mass is 501 g/mol. The van der Waals surface area contributed by atoms with E-state index in [4.69, 9.17) is 14.6 Å². The molecule has 1 aliphatic carbocycles. The molecular formula is C27H55N3O5. The highest BCUT2D eigenvalue weighted by molar-refractivity contribution is 5.81. The van der Waals surface area contributed by atoms with Gasteiger partial charge in [0, 0.05) is 19.0 Å². The summed E-state index contributed by atoms with van der Waals surface area (Å²) in [5.74, 6) is 0.249. The van der Waals surface area contributed by atoms with Crippen molar-refractivity contribution in [3.8, 4) is 0 Å². The molecule has 2 amide bonds. The average Bonchev–Trinajstić information content (AvgIpc) is 3.53. The minimum absolute atomic E-state index is 0.0666. The topological polar surface area (TPSA) is 103 Å². The molecule has 0 aromatic carbocycles. The molecule has 0 aromatic rings. The summed E-state index contributed by atoms with van der Waals surface area (Å²) in [5.41, 5.74) is 1.43. The Balaban J connectivity index is 0. The molecule has 0 bridgehead atoms. The van der Waals surface area contributed by atoms with Gasteiger partial charge in [-0.2, -0.15) is 0 Å². The quantitative estimate of drug-likeness (QED) is 0.301. The zero-order valence-corrected chi connectivity index (χ0v) is 24.3. The molecule has 8 nitrogen and oxygen atoms in total. The molecular weight excluding hydrogens is 446 g/mol. The van der Waals surface area contributed by atoms with E-state index in [0.29, 0.717) is 12.5 Å². The maximum absolute atomic E-state index is 10.9. The van der Waals surface area contributed by atoms with Crippen LogP contribution in [0.5, 0.6) is 0 Å². The van der Waals surface area contributed by atoms with E-state index in [9.17, 15) is 9.59 Å². The van der Waals surface area contributed by atoms with Crippen molar-refractivity contribution >= 4 is 12.0 Å². The Morgan fingerprint density at radius 2 is 1.74 bits per heavy atom. The van der Waals surface area contributed by atoms with Gasteiger partial charge in [0.15, 0.2) is 0 Å². The third-order valence-corrected chi connectivity index (χ3v) is 5.56. The zero-order chi connectivity index (χ0) is 27.5. The maximum Gasteiger partial charge on any atom is 0.405 e. The van der Waals surface area contributed by atoms with Crippen LogP contribution in [-0.2, 0) is 14.3 Å². The Kier molecular flexibility index (Phi) is 19.8. The van der Waals surface area contributed by atoms with E-state index in [0.717, 1.165) is 19.8 Å². The molecule has 35 heavy (non-hydrogen) atoms. The predicted molar refractivity (Wildman–Crippen MR) is 145 cm³/mol. The lowest BCUT2D eigenvalue weighted by molar-refractivity contribution is -0.120. The molecule has 0 radical (unpaired) electrons. The van der Waals surface area contributed by atoms with Crippen LogP contribution in [0, 0.1) is 5.92 Å². The van der Waals surface area contributed by atoms with Gasteiger partial charge < -0.3 is 30.1 Å². The minimum Gasteiger partial charge on any atom is -0.465 e. The van der Waals surface area contributed by atoms with Gasteiger partial charge in [-0.15, -0.1) is 0 Å². The van der Waals surface area contributed by atoms with Crippen LogP contribution in [0.4, 0.5) is 4.79 Å². The number of nitrogens with zero attached hydrogens (tertiary/aromatic N) is 1. The van der Waals surface area contributed by atoms with E-state index in [2.05, 4.69) is 52.9 Å². The fourth-order valence-electron chi connectivity index (χ4n) is 3.79. The van der Waals surface area contributed by atoms with Gasteiger partial charge in [0.25, 0.3) is 0 Å². The standard InChI is InChI=1S/C15H26O2.C7H15N3O3.C3H8.C2H6/c1-12(2)8-10-16-14(3,4)13-7-5-6-9-15(13)11-17-15;1-10(2)4-3-8-6(11)5-9-7(12)13;1-3-2;1-2/h8,13H,5-7,9-11H2,1-4H3;9H,3-5H2,1-2H3,(H,8,11)(H,12,13);3H2,1-2H3;1-2H3. The number of hydrogen-bond acceptors (Lipinski definition) is 5. The van der Waals surface area contributed by atoms with Crippen molar-refractivity contribution in [2.24, 2.45) is 5.92 Å². The van der Waals surface area contributed by atoms with Crippen molar-refractivity contribution in [3.05, 3.63) is 11.6 Å². The number of hydrogen-bond donors (Lipinski definition) is 3. The first kappa shape index (κ1) is 35.5. The number of allylic oxidation sites excluding steroid dienone is 1. The molecule has 1 saturated heterocycles. The summed E-state index contributed by atoms with van der Waals surface area (Å²) in [6.45, 7) is 19.7. The minimum atomic E-state index is -1.19. The smallest absolute Gasteiger partial charge is 0.405 e. The molecule has 1 heterocycles. The lowest BCUT2D eigenvalue weighted by Crippen LogP contribution is -2.45. The fourth-order valence-corrected chi connectivity index (χ4v) is 3.79. The SMILES string of the molecule is CC.CC(C)=CCOC(C)(C)C1CCCCC12CO2.CCC.CN(C)CCNC(=O)CNC(=O)O. The first-order chi connectivity index (χ1) is 16.4. The van der Waals surface area contributed by atoms with Crippen molar-refractivity contribution in [2.75, 3.05) is 46.9 Å². The van der Waals surface area contributed by atoms with Crippen LogP contribution < -0.4 is 10.6 Å². The molecule has 1 aliphatic heterocycles. The fraction of sp³-hybridized carbons (Fsp3) is 0.852. The first-order valence-electron chi connectivity index (χ1n) is 13.2. The Hall–Kier alpha value is -1.64. The molecule has 1 spiro atoms. The summed E-state index contributed by atoms with van der Waals surface area (Å²) in [5, 5.41) is 12.7. The van der Waals surface area contributed by atoms with Crippen LogP contribution in [0.2, 0.25) is 0 Å². The summed E-state index contributed by atoms with van der Waals surface area (Å²) in [4.78, 5) is 22.8. The molecule has 2 aliphatic rings. The molecule has 2 fully saturated rings. The number of carboxylic acid groups (broad SMARTS) is 1. The van der Waals surface area contributed by atoms with Gasteiger partial charge in [-0.05, 0) is 54.6 Å². The van der Waals surface area contributed by atoms with Gasteiger partial charge in [0.05, 0.1) is 31.0 Å². The molecule has 0 aromatic heterocycles. The van der Waals surface area contributed by atoms with Gasteiger partial charge in [-0.1, -0.05) is 58.6 Å². The van der Waals surface area contributed by atoms with Crippen LogP contribution in [0.1, 0.15) is 87.5 Å². The van der Waals surface area contributed by atoms with E-state index in [1.807, 2.05) is 38.2 Å². The Morgan fingerprint density at radius 1 is 1.17 bits per heavy atom. The van der Waals surface area contributed by atoms with Gasteiger partial charge in [0.1, 0.15) is 0 Å². The molecule has 2 unspecified atom stereocenters. The van der Waals surface area contributed by atoms with Crippen LogP contribution in [0.15, 0.2) is 11.6 Å². The number of likely N-dealkylation sites (N-methyl/N-ethyl adjacent to an activating group) is 1. The van der Waals surface area contributed by atoms with Crippen molar-refractivity contribution in [2.45, 2.75) is 98.7 Å². The number of rotatable bonds is 9. The highest BCUT2D eigenvalue weighted by atomic mass is 16.6. The van der Waals surface area contributed by atoms with Crippen molar-refractivity contribution in [1.82, 2.24) is 15.5 Å². The number of amides is 2. The Labute approximate surface area is 215 Å². The van der Waals surface area contributed by atoms with E-state index in [1.54, 1.807) is 0 Å².